The summed E-state index contributed by atoms with van der Waals surface area (Å²) in [6, 6.07) is 8.87. The summed E-state index contributed by atoms with van der Waals surface area (Å²) in [6.07, 6.45) is 0. The van der Waals surface area contributed by atoms with Crippen molar-refractivity contribution in [2.75, 3.05) is 13.7 Å². The van der Waals surface area contributed by atoms with Crippen LogP contribution in [0.25, 0.3) is 0 Å². The third-order valence-corrected chi connectivity index (χ3v) is 4.22. The zero-order valence-electron chi connectivity index (χ0n) is 11.7. The maximum atomic E-state index is 11.5. The Morgan fingerprint density at radius 2 is 2.19 bits per heavy atom. The monoisotopic (exact) mass is 371 g/mol. The fourth-order valence-electron chi connectivity index (χ4n) is 2.00. The van der Waals surface area contributed by atoms with Crippen molar-refractivity contribution in [1.29, 1.82) is 0 Å². The first-order chi connectivity index (χ1) is 10.1. The van der Waals surface area contributed by atoms with Crippen molar-refractivity contribution in [1.82, 2.24) is 5.32 Å². The lowest BCUT2D eigenvalue weighted by Gasteiger charge is -2.16. The minimum atomic E-state index is -0.495. The first kappa shape index (κ1) is 16.1. The summed E-state index contributed by atoms with van der Waals surface area (Å²) in [5.74, 6) is 0.319. The average molecular weight is 373 g/mol. The molecule has 0 fully saturated rings. The zero-order valence-corrected chi connectivity index (χ0v) is 14.0. The molecule has 0 radical (unpaired) electrons. The number of esters is 1. The lowest BCUT2D eigenvalue weighted by Crippen LogP contribution is -2.21. The van der Waals surface area contributed by atoms with E-state index in [0.717, 1.165) is 16.6 Å². The maximum absolute atomic E-state index is 11.5. The van der Waals surface area contributed by atoms with E-state index in [1.54, 1.807) is 12.1 Å². The number of ether oxygens (including phenoxy) is 1. The van der Waals surface area contributed by atoms with Gasteiger partial charge in [0.15, 0.2) is 0 Å². The van der Waals surface area contributed by atoms with Crippen molar-refractivity contribution in [2.45, 2.75) is 13.0 Å². The van der Waals surface area contributed by atoms with E-state index in [-0.39, 0.29) is 11.8 Å². The second-order valence-corrected chi connectivity index (χ2v) is 5.62. The molecule has 1 N–H and O–H groups in total. The van der Waals surface area contributed by atoms with Crippen LogP contribution in [-0.4, -0.2) is 19.6 Å². The summed E-state index contributed by atoms with van der Waals surface area (Å²) in [5, 5.41) is 3.93. The van der Waals surface area contributed by atoms with Crippen LogP contribution in [0.1, 0.15) is 34.8 Å². The molecule has 112 valence electrons. The molecule has 1 unspecified atom stereocenters. The van der Waals surface area contributed by atoms with E-state index in [4.69, 9.17) is 16.0 Å². The molecular weight excluding hydrogens is 358 g/mol. The highest BCUT2D eigenvalue weighted by Crippen LogP contribution is 2.30. The number of hydrogen-bond donors (Lipinski definition) is 1. The Morgan fingerprint density at radius 3 is 2.81 bits per heavy atom. The third kappa shape index (κ3) is 3.67. The molecular formula is C15H15BrClNO3. The van der Waals surface area contributed by atoms with Crippen LogP contribution >= 0.6 is 27.5 Å². The zero-order chi connectivity index (χ0) is 15.4. The summed E-state index contributed by atoms with van der Waals surface area (Å²) in [6.45, 7) is 2.74. The van der Waals surface area contributed by atoms with Crippen molar-refractivity contribution in [3.05, 3.63) is 56.9 Å². The van der Waals surface area contributed by atoms with E-state index in [9.17, 15) is 4.79 Å². The highest BCUT2D eigenvalue weighted by Gasteiger charge is 2.20. The van der Waals surface area contributed by atoms with Gasteiger partial charge in [0.05, 0.1) is 18.2 Å². The number of furan rings is 1. The normalized spacial score (nSPS) is 12.2. The second kappa shape index (κ2) is 7.11. The predicted molar refractivity (Wildman–Crippen MR) is 84.7 cm³/mol. The smallest absolute Gasteiger partial charge is 0.373 e. The van der Waals surface area contributed by atoms with Crippen molar-refractivity contribution in [3.8, 4) is 0 Å². The van der Waals surface area contributed by atoms with E-state index in [1.165, 1.54) is 7.11 Å². The second-order valence-electron chi connectivity index (χ2n) is 4.36. The molecule has 1 heterocycles. The van der Waals surface area contributed by atoms with Crippen LogP contribution in [0.4, 0.5) is 0 Å². The molecule has 1 aromatic carbocycles. The van der Waals surface area contributed by atoms with Gasteiger partial charge in [0, 0.05) is 4.47 Å². The average Bonchev–Trinajstić information content (AvgIpc) is 2.96. The molecule has 2 rings (SSSR count). The van der Waals surface area contributed by atoms with Gasteiger partial charge in [0.25, 0.3) is 0 Å². The van der Waals surface area contributed by atoms with Gasteiger partial charge in [-0.3, -0.25) is 0 Å². The molecule has 1 atom stereocenters. The van der Waals surface area contributed by atoms with Gasteiger partial charge < -0.3 is 14.5 Å². The maximum Gasteiger partial charge on any atom is 0.373 e. The topological polar surface area (TPSA) is 51.5 Å². The number of carbonyl (C=O) groups is 1. The van der Waals surface area contributed by atoms with E-state index in [1.807, 2.05) is 25.1 Å². The molecule has 0 bridgehead atoms. The Morgan fingerprint density at radius 1 is 1.43 bits per heavy atom. The predicted octanol–water partition coefficient (Wildman–Crippen LogP) is 4.18. The standard InChI is InChI=1S/C15H15BrClNO3/c1-3-18-14(9-4-5-10(16)11(17)8-9)12-6-7-13(21-12)15(19)20-2/h4-8,14,18H,3H2,1-2H3. The van der Waals surface area contributed by atoms with Crippen LogP contribution < -0.4 is 5.32 Å². The van der Waals surface area contributed by atoms with Gasteiger partial charge in [-0.1, -0.05) is 24.6 Å². The molecule has 2 aromatic rings. The Kier molecular flexibility index (Phi) is 5.45. The first-order valence-corrected chi connectivity index (χ1v) is 7.60. The van der Waals surface area contributed by atoms with Gasteiger partial charge in [-0.25, -0.2) is 4.79 Å². The molecule has 0 saturated heterocycles. The van der Waals surface area contributed by atoms with Gasteiger partial charge >= 0.3 is 5.97 Å². The van der Waals surface area contributed by atoms with Gasteiger partial charge in [0.1, 0.15) is 5.76 Å². The molecule has 21 heavy (non-hydrogen) atoms. The molecule has 1 aromatic heterocycles. The third-order valence-electron chi connectivity index (χ3n) is 2.98. The van der Waals surface area contributed by atoms with Crippen LogP contribution in [0, 0.1) is 0 Å². The molecule has 4 nitrogen and oxygen atoms in total. The van der Waals surface area contributed by atoms with Crippen molar-refractivity contribution in [3.63, 3.8) is 0 Å². The molecule has 0 saturated carbocycles. The van der Waals surface area contributed by atoms with Gasteiger partial charge in [-0.05, 0) is 52.3 Å². The summed E-state index contributed by atoms with van der Waals surface area (Å²) >= 11 is 9.51. The number of halogens is 2. The van der Waals surface area contributed by atoms with Gasteiger partial charge in [-0.2, -0.15) is 0 Å². The van der Waals surface area contributed by atoms with Crippen molar-refractivity contribution in [2.24, 2.45) is 0 Å². The van der Waals surface area contributed by atoms with Crippen molar-refractivity contribution >= 4 is 33.5 Å². The van der Waals surface area contributed by atoms with Gasteiger partial charge in [-0.15, -0.1) is 0 Å². The lowest BCUT2D eigenvalue weighted by atomic mass is 10.0. The van der Waals surface area contributed by atoms with Crippen LogP contribution in [0.15, 0.2) is 39.2 Å². The minimum Gasteiger partial charge on any atom is -0.463 e. The Labute approximate surface area is 136 Å². The van der Waals surface area contributed by atoms with E-state index in [0.29, 0.717) is 10.8 Å². The molecule has 0 spiro atoms. The summed E-state index contributed by atoms with van der Waals surface area (Å²) in [5.41, 5.74) is 0.954. The highest BCUT2D eigenvalue weighted by molar-refractivity contribution is 9.10. The van der Waals surface area contributed by atoms with Gasteiger partial charge in [0.2, 0.25) is 5.76 Å². The SMILES string of the molecule is CCNC(c1ccc(Br)c(Cl)c1)c1ccc(C(=O)OC)o1. The van der Waals surface area contributed by atoms with Crippen LogP contribution in [0.5, 0.6) is 0 Å². The number of rotatable bonds is 5. The van der Waals surface area contributed by atoms with Crippen LogP contribution in [0.2, 0.25) is 5.02 Å². The fourth-order valence-corrected chi connectivity index (χ4v) is 2.43. The highest BCUT2D eigenvalue weighted by atomic mass is 79.9. The number of carbonyl (C=O) groups excluding carboxylic acids is 1. The van der Waals surface area contributed by atoms with Crippen LogP contribution in [-0.2, 0) is 4.74 Å². The number of benzene rings is 1. The largest absolute Gasteiger partial charge is 0.463 e. The Bertz CT molecular complexity index is 642. The van der Waals surface area contributed by atoms with E-state index in [2.05, 4.69) is 26.0 Å². The quantitative estimate of drug-likeness (QED) is 0.800. The summed E-state index contributed by atoms with van der Waals surface area (Å²) < 4.78 is 11.1. The molecule has 0 aliphatic rings. The molecule has 0 aliphatic heterocycles. The summed E-state index contributed by atoms with van der Waals surface area (Å²) in [7, 11) is 1.32. The van der Waals surface area contributed by atoms with Crippen LogP contribution in [0.3, 0.4) is 0 Å². The minimum absolute atomic E-state index is 0.179. The van der Waals surface area contributed by atoms with E-state index >= 15 is 0 Å². The number of hydrogen-bond acceptors (Lipinski definition) is 4. The lowest BCUT2D eigenvalue weighted by molar-refractivity contribution is 0.0562. The van der Waals surface area contributed by atoms with Crippen molar-refractivity contribution < 1.29 is 13.9 Å². The first-order valence-electron chi connectivity index (χ1n) is 6.43. The fraction of sp³-hybridized carbons (Fsp3) is 0.267. The number of methoxy groups -OCH3 is 1. The summed E-state index contributed by atoms with van der Waals surface area (Å²) in [4.78, 5) is 11.5. The Balaban J connectivity index is 2.36. The molecule has 0 aliphatic carbocycles. The van der Waals surface area contributed by atoms with E-state index < -0.39 is 5.97 Å². The molecule has 6 heteroatoms. The molecule has 0 amide bonds. The number of nitrogens with one attached hydrogen (secondary N) is 1. The Hall–Kier alpha value is -1.30.